The van der Waals surface area contributed by atoms with Crippen LogP contribution in [0.25, 0.3) is 11.2 Å². The number of nitrogens with zero attached hydrogens (tertiary/aromatic N) is 4. The van der Waals surface area contributed by atoms with E-state index in [0.717, 1.165) is 40.2 Å². The maximum atomic E-state index is 5.49. The summed E-state index contributed by atoms with van der Waals surface area (Å²) in [5.74, 6) is 0. The van der Waals surface area contributed by atoms with E-state index in [-0.39, 0.29) is 0 Å². The first-order valence-corrected chi connectivity index (χ1v) is 7.63. The predicted molar refractivity (Wildman–Crippen MR) is 86.0 cm³/mol. The van der Waals surface area contributed by atoms with Crippen molar-refractivity contribution in [2.75, 3.05) is 0 Å². The minimum absolute atomic E-state index is 0.672. The van der Waals surface area contributed by atoms with Crippen LogP contribution >= 0.6 is 12.2 Å². The van der Waals surface area contributed by atoms with E-state index in [1.54, 1.807) is 0 Å². The third-order valence-electron chi connectivity index (χ3n) is 3.83. The third kappa shape index (κ3) is 2.29. The normalized spacial score (nSPS) is 11.4. The highest BCUT2D eigenvalue weighted by Crippen LogP contribution is 2.20. The maximum Gasteiger partial charge on any atom is 0.179 e. The molecule has 0 atom stereocenters. The second kappa shape index (κ2) is 5.44. The number of nitrogens with one attached hydrogen (secondary N) is 1. The van der Waals surface area contributed by atoms with Crippen molar-refractivity contribution in [2.24, 2.45) is 7.05 Å². The number of imidazole rings is 1. The van der Waals surface area contributed by atoms with Gasteiger partial charge in [0.05, 0.1) is 17.9 Å². The molecule has 0 aliphatic carbocycles. The molecule has 0 unspecified atom stereocenters. The van der Waals surface area contributed by atoms with Crippen LogP contribution in [0.2, 0.25) is 0 Å². The van der Waals surface area contributed by atoms with Crippen LogP contribution in [0, 0.1) is 4.77 Å². The summed E-state index contributed by atoms with van der Waals surface area (Å²) in [4.78, 5) is 7.81. The molecule has 0 aliphatic rings. The van der Waals surface area contributed by atoms with Crippen LogP contribution in [-0.4, -0.2) is 24.3 Å². The Balaban J connectivity index is 2.15. The SMILES string of the molecule is CCc1cccnc1Cn1c(=S)[nH]c2c(CC)nn(C)c21. The Labute approximate surface area is 128 Å². The summed E-state index contributed by atoms with van der Waals surface area (Å²) in [5.41, 5.74) is 5.44. The van der Waals surface area contributed by atoms with Gasteiger partial charge in [0.2, 0.25) is 0 Å². The smallest absolute Gasteiger partial charge is 0.179 e. The molecule has 3 aromatic rings. The Kier molecular flexibility index (Phi) is 3.63. The van der Waals surface area contributed by atoms with Crippen molar-refractivity contribution in [3.63, 3.8) is 0 Å². The van der Waals surface area contributed by atoms with Crippen LogP contribution in [0.1, 0.15) is 30.8 Å². The molecule has 0 spiro atoms. The summed E-state index contributed by atoms with van der Waals surface area (Å²) < 4.78 is 4.70. The second-order valence-electron chi connectivity index (χ2n) is 5.10. The van der Waals surface area contributed by atoms with E-state index in [1.165, 1.54) is 5.56 Å². The Bertz CT molecular complexity index is 839. The molecule has 0 radical (unpaired) electrons. The highest BCUT2D eigenvalue weighted by atomic mass is 32.1. The molecule has 110 valence electrons. The molecule has 0 fully saturated rings. The van der Waals surface area contributed by atoms with Gasteiger partial charge < -0.3 is 4.98 Å². The number of aromatic nitrogens is 5. The summed E-state index contributed by atoms with van der Waals surface area (Å²) in [6, 6.07) is 4.10. The lowest BCUT2D eigenvalue weighted by atomic mass is 10.1. The predicted octanol–water partition coefficient (Wildman–Crippen LogP) is 3.00. The van der Waals surface area contributed by atoms with Crippen molar-refractivity contribution in [3.05, 3.63) is 40.1 Å². The topological polar surface area (TPSA) is 51.4 Å². The number of aromatic amines is 1. The first-order chi connectivity index (χ1) is 10.2. The summed E-state index contributed by atoms with van der Waals surface area (Å²) in [6.07, 6.45) is 3.69. The maximum absolute atomic E-state index is 5.49. The van der Waals surface area contributed by atoms with Gasteiger partial charge in [0.1, 0.15) is 5.52 Å². The van der Waals surface area contributed by atoms with Gasteiger partial charge >= 0.3 is 0 Å². The van der Waals surface area contributed by atoms with E-state index >= 15 is 0 Å². The highest BCUT2D eigenvalue weighted by Gasteiger charge is 2.15. The number of hydrogen-bond donors (Lipinski definition) is 1. The average Bonchev–Trinajstić information content (AvgIpc) is 2.97. The zero-order valence-electron chi connectivity index (χ0n) is 12.6. The molecular weight excluding hydrogens is 282 g/mol. The van der Waals surface area contributed by atoms with Crippen LogP contribution in [0.5, 0.6) is 0 Å². The lowest BCUT2D eigenvalue weighted by molar-refractivity contribution is 0.698. The molecule has 6 heteroatoms. The molecule has 3 rings (SSSR count). The fourth-order valence-corrected chi connectivity index (χ4v) is 3.01. The first kappa shape index (κ1) is 14.0. The van der Waals surface area contributed by atoms with Crippen molar-refractivity contribution in [3.8, 4) is 0 Å². The average molecular weight is 301 g/mol. The Morgan fingerprint density at radius 1 is 1.24 bits per heavy atom. The van der Waals surface area contributed by atoms with E-state index in [1.807, 2.05) is 24.0 Å². The molecule has 3 aromatic heterocycles. The lowest BCUT2D eigenvalue weighted by Crippen LogP contribution is -2.07. The van der Waals surface area contributed by atoms with Crippen LogP contribution in [0.3, 0.4) is 0 Å². The van der Waals surface area contributed by atoms with Crippen LogP contribution in [0.4, 0.5) is 0 Å². The number of aryl methyl sites for hydroxylation is 3. The number of pyridine rings is 1. The van der Waals surface area contributed by atoms with E-state index in [4.69, 9.17) is 12.2 Å². The number of fused-ring (bicyclic) bond motifs is 1. The van der Waals surface area contributed by atoms with Gasteiger partial charge in [0, 0.05) is 13.2 Å². The summed E-state index contributed by atoms with van der Waals surface area (Å²) in [7, 11) is 1.96. The van der Waals surface area contributed by atoms with Crippen LogP contribution in [-0.2, 0) is 26.4 Å². The molecule has 0 aliphatic heterocycles. The molecular formula is C15H19N5S. The molecule has 3 heterocycles. The number of rotatable bonds is 4. The van der Waals surface area contributed by atoms with Gasteiger partial charge in [-0.05, 0) is 36.7 Å². The molecule has 21 heavy (non-hydrogen) atoms. The quantitative estimate of drug-likeness (QED) is 0.754. The number of hydrogen-bond acceptors (Lipinski definition) is 3. The largest absolute Gasteiger partial charge is 0.328 e. The zero-order chi connectivity index (χ0) is 15.0. The summed E-state index contributed by atoms with van der Waals surface area (Å²) in [6.45, 7) is 4.92. The second-order valence-corrected chi connectivity index (χ2v) is 5.49. The number of H-pyrrole nitrogens is 1. The molecule has 0 saturated heterocycles. The molecule has 0 amide bonds. The lowest BCUT2D eigenvalue weighted by Gasteiger charge is -2.08. The van der Waals surface area contributed by atoms with Crippen LogP contribution in [0.15, 0.2) is 18.3 Å². The summed E-state index contributed by atoms with van der Waals surface area (Å²) in [5, 5.41) is 4.55. The third-order valence-corrected chi connectivity index (χ3v) is 4.15. The summed E-state index contributed by atoms with van der Waals surface area (Å²) >= 11 is 5.49. The molecule has 0 aromatic carbocycles. The van der Waals surface area contributed by atoms with Gasteiger partial charge in [0.15, 0.2) is 10.4 Å². The van der Waals surface area contributed by atoms with Gasteiger partial charge in [-0.25, -0.2) is 0 Å². The minimum atomic E-state index is 0.672. The van der Waals surface area contributed by atoms with Crippen molar-refractivity contribution < 1.29 is 0 Å². The van der Waals surface area contributed by atoms with Crippen LogP contribution < -0.4 is 0 Å². The molecule has 1 N–H and O–H groups in total. The van der Waals surface area contributed by atoms with Gasteiger partial charge in [0.25, 0.3) is 0 Å². The fraction of sp³-hybridized carbons (Fsp3) is 0.400. The van der Waals surface area contributed by atoms with E-state index in [2.05, 4.69) is 39.5 Å². The van der Waals surface area contributed by atoms with Gasteiger partial charge in [-0.2, -0.15) is 5.10 Å². The minimum Gasteiger partial charge on any atom is -0.328 e. The fourth-order valence-electron chi connectivity index (χ4n) is 2.76. The Morgan fingerprint density at radius 3 is 2.76 bits per heavy atom. The first-order valence-electron chi connectivity index (χ1n) is 7.22. The van der Waals surface area contributed by atoms with Crippen molar-refractivity contribution >= 4 is 23.4 Å². The van der Waals surface area contributed by atoms with Crippen molar-refractivity contribution in [1.82, 2.24) is 24.3 Å². The molecule has 0 bridgehead atoms. The standard InChI is InChI=1S/C15H19N5S/c1-4-10-7-6-8-16-12(10)9-20-14-13(17-15(20)21)11(5-2)18-19(14)3/h6-8H,4-5,9H2,1-3H3,(H,17,21). The van der Waals surface area contributed by atoms with Crippen molar-refractivity contribution in [2.45, 2.75) is 33.2 Å². The zero-order valence-corrected chi connectivity index (χ0v) is 13.4. The Morgan fingerprint density at radius 2 is 2.05 bits per heavy atom. The van der Waals surface area contributed by atoms with E-state index in [9.17, 15) is 0 Å². The monoisotopic (exact) mass is 301 g/mol. The molecule has 0 saturated carbocycles. The van der Waals surface area contributed by atoms with Gasteiger partial charge in [-0.15, -0.1) is 0 Å². The van der Waals surface area contributed by atoms with E-state index in [0.29, 0.717) is 6.54 Å². The molecule has 5 nitrogen and oxygen atoms in total. The van der Waals surface area contributed by atoms with E-state index < -0.39 is 0 Å². The van der Waals surface area contributed by atoms with Crippen molar-refractivity contribution in [1.29, 1.82) is 0 Å². The van der Waals surface area contributed by atoms with Gasteiger partial charge in [-0.1, -0.05) is 19.9 Å². The van der Waals surface area contributed by atoms with Gasteiger partial charge in [-0.3, -0.25) is 14.2 Å². The Hall–Kier alpha value is -1.95. The highest BCUT2D eigenvalue weighted by molar-refractivity contribution is 7.71.